The van der Waals surface area contributed by atoms with Crippen molar-refractivity contribution in [3.8, 4) is 0 Å². The molecule has 1 saturated heterocycles. The van der Waals surface area contributed by atoms with Crippen molar-refractivity contribution in [2.75, 3.05) is 6.54 Å². The molecule has 124 valence electrons. The van der Waals surface area contributed by atoms with Gasteiger partial charge in [0.25, 0.3) is 5.91 Å². The van der Waals surface area contributed by atoms with Gasteiger partial charge in [-0.15, -0.1) is 0 Å². The number of β-amino-alcohol motifs (C(OH)–C–C–N with tert-alkyl or cyclic N) is 1. The van der Waals surface area contributed by atoms with Crippen molar-refractivity contribution in [2.24, 2.45) is 0 Å². The van der Waals surface area contributed by atoms with Crippen molar-refractivity contribution in [3.63, 3.8) is 0 Å². The lowest BCUT2D eigenvalue weighted by molar-refractivity contribution is -0.132. The van der Waals surface area contributed by atoms with Crippen LogP contribution in [0.5, 0.6) is 0 Å². The molecular formula is C19H20N2O3. The lowest BCUT2D eigenvalue weighted by Gasteiger charge is -2.24. The summed E-state index contributed by atoms with van der Waals surface area (Å²) in [6.07, 6.45) is -0.917. The number of imide groups is 1. The van der Waals surface area contributed by atoms with E-state index < -0.39 is 17.7 Å². The van der Waals surface area contributed by atoms with Gasteiger partial charge in [0, 0.05) is 0 Å². The number of hydrogen-bond donors (Lipinski definition) is 2. The summed E-state index contributed by atoms with van der Waals surface area (Å²) in [5, 5.41) is 13.1. The van der Waals surface area contributed by atoms with Crippen LogP contribution in [0.2, 0.25) is 0 Å². The number of carbonyl (C=O) groups excluding carboxylic acids is 2. The molecule has 0 spiro atoms. The van der Waals surface area contributed by atoms with Gasteiger partial charge in [-0.3, -0.25) is 9.69 Å². The summed E-state index contributed by atoms with van der Waals surface area (Å²) in [5.41, 5.74) is 1.25. The number of urea groups is 1. The van der Waals surface area contributed by atoms with Crippen LogP contribution in [-0.2, 0) is 10.3 Å². The molecule has 0 bridgehead atoms. The predicted molar refractivity (Wildman–Crippen MR) is 90.2 cm³/mol. The van der Waals surface area contributed by atoms with E-state index in [-0.39, 0.29) is 12.5 Å². The quantitative estimate of drug-likeness (QED) is 0.849. The highest BCUT2D eigenvalue weighted by Crippen LogP contribution is 2.31. The Morgan fingerprint density at radius 2 is 1.71 bits per heavy atom. The standard InChI is InChI=1S/C19H20N2O3/c1-13-8-6-7-11-15(13)19(2)17(23)21(18(24)20-19)12-16(22)14-9-4-3-5-10-14/h3-11,16,22H,12H2,1-2H3,(H,20,24). The lowest BCUT2D eigenvalue weighted by Crippen LogP contribution is -2.41. The maximum Gasteiger partial charge on any atom is 0.325 e. The molecule has 2 atom stereocenters. The number of aryl methyl sites for hydroxylation is 1. The van der Waals surface area contributed by atoms with E-state index in [4.69, 9.17) is 0 Å². The second-order valence-electron chi connectivity index (χ2n) is 6.21. The Bertz CT molecular complexity index is 775. The van der Waals surface area contributed by atoms with Gasteiger partial charge in [-0.25, -0.2) is 4.79 Å². The number of aliphatic hydroxyl groups is 1. The van der Waals surface area contributed by atoms with E-state index in [1.807, 2.05) is 49.4 Å². The number of benzene rings is 2. The largest absolute Gasteiger partial charge is 0.387 e. The van der Waals surface area contributed by atoms with Gasteiger partial charge in [0.1, 0.15) is 5.54 Å². The molecule has 2 aromatic carbocycles. The van der Waals surface area contributed by atoms with Crippen LogP contribution in [0.15, 0.2) is 54.6 Å². The summed E-state index contributed by atoms with van der Waals surface area (Å²) in [6, 6.07) is 16.0. The number of rotatable bonds is 4. The normalized spacial score (nSPS) is 21.7. The summed E-state index contributed by atoms with van der Waals surface area (Å²) < 4.78 is 0. The van der Waals surface area contributed by atoms with Gasteiger partial charge in [-0.2, -0.15) is 0 Å². The molecule has 24 heavy (non-hydrogen) atoms. The van der Waals surface area contributed by atoms with Crippen molar-refractivity contribution in [1.82, 2.24) is 10.2 Å². The van der Waals surface area contributed by atoms with Gasteiger partial charge in [-0.05, 0) is 30.5 Å². The van der Waals surface area contributed by atoms with E-state index in [2.05, 4.69) is 5.32 Å². The van der Waals surface area contributed by atoms with Crippen molar-refractivity contribution < 1.29 is 14.7 Å². The van der Waals surface area contributed by atoms with Gasteiger partial charge >= 0.3 is 6.03 Å². The molecule has 1 heterocycles. The highest BCUT2D eigenvalue weighted by atomic mass is 16.3. The van der Waals surface area contributed by atoms with Crippen LogP contribution in [0.25, 0.3) is 0 Å². The van der Waals surface area contributed by atoms with Gasteiger partial charge in [-0.1, -0.05) is 54.6 Å². The second kappa shape index (κ2) is 6.09. The topological polar surface area (TPSA) is 69.6 Å². The Balaban J connectivity index is 1.86. The molecule has 1 fully saturated rings. The summed E-state index contributed by atoms with van der Waals surface area (Å²) >= 11 is 0. The number of nitrogens with zero attached hydrogens (tertiary/aromatic N) is 1. The molecule has 1 aliphatic rings. The van der Waals surface area contributed by atoms with Crippen LogP contribution in [0, 0.1) is 6.92 Å². The lowest BCUT2D eigenvalue weighted by atomic mass is 9.88. The molecule has 0 saturated carbocycles. The van der Waals surface area contributed by atoms with Crippen LogP contribution < -0.4 is 5.32 Å². The Kier molecular flexibility index (Phi) is 4.11. The molecule has 3 rings (SSSR count). The smallest absolute Gasteiger partial charge is 0.325 e. The molecule has 5 heteroatoms. The molecule has 2 aromatic rings. The van der Waals surface area contributed by atoms with Crippen LogP contribution in [0.1, 0.15) is 29.7 Å². The summed E-state index contributed by atoms with van der Waals surface area (Å²) in [5.74, 6) is -0.350. The maximum atomic E-state index is 12.9. The van der Waals surface area contributed by atoms with E-state index in [1.54, 1.807) is 19.1 Å². The molecule has 5 nitrogen and oxygen atoms in total. The first kappa shape index (κ1) is 16.2. The minimum atomic E-state index is -1.11. The van der Waals surface area contributed by atoms with Crippen molar-refractivity contribution in [2.45, 2.75) is 25.5 Å². The fourth-order valence-corrected chi connectivity index (χ4v) is 3.13. The number of amides is 3. The van der Waals surface area contributed by atoms with Crippen LogP contribution >= 0.6 is 0 Å². The van der Waals surface area contributed by atoms with E-state index in [1.165, 1.54) is 0 Å². The van der Waals surface area contributed by atoms with E-state index >= 15 is 0 Å². The van der Waals surface area contributed by atoms with Crippen molar-refractivity contribution in [3.05, 3.63) is 71.3 Å². The first-order chi connectivity index (χ1) is 11.4. The minimum Gasteiger partial charge on any atom is -0.387 e. The zero-order valence-electron chi connectivity index (χ0n) is 13.7. The summed E-state index contributed by atoms with van der Waals surface area (Å²) in [7, 11) is 0. The Morgan fingerprint density at radius 1 is 1.08 bits per heavy atom. The maximum absolute atomic E-state index is 12.9. The van der Waals surface area contributed by atoms with Gasteiger partial charge in [0.15, 0.2) is 0 Å². The number of carbonyl (C=O) groups is 2. The van der Waals surface area contributed by atoms with Crippen LogP contribution in [-0.4, -0.2) is 28.5 Å². The first-order valence-corrected chi connectivity index (χ1v) is 7.86. The molecule has 2 N–H and O–H groups in total. The molecular weight excluding hydrogens is 304 g/mol. The average molecular weight is 324 g/mol. The third-order valence-corrected chi connectivity index (χ3v) is 4.50. The van der Waals surface area contributed by atoms with Gasteiger partial charge < -0.3 is 10.4 Å². The third-order valence-electron chi connectivity index (χ3n) is 4.50. The second-order valence-corrected chi connectivity index (χ2v) is 6.21. The zero-order chi connectivity index (χ0) is 17.3. The highest BCUT2D eigenvalue weighted by molar-refractivity contribution is 6.07. The van der Waals surface area contributed by atoms with Crippen molar-refractivity contribution in [1.29, 1.82) is 0 Å². The van der Waals surface area contributed by atoms with Gasteiger partial charge in [0.2, 0.25) is 0 Å². The van der Waals surface area contributed by atoms with Crippen LogP contribution in [0.3, 0.4) is 0 Å². The third kappa shape index (κ3) is 2.67. The predicted octanol–water partition coefficient (Wildman–Crippen LogP) is 2.50. The fraction of sp³-hybridized carbons (Fsp3) is 0.263. The summed E-state index contributed by atoms with van der Waals surface area (Å²) in [6.45, 7) is 3.53. The first-order valence-electron chi connectivity index (χ1n) is 7.86. The minimum absolute atomic E-state index is 0.0733. The molecule has 2 unspecified atom stereocenters. The number of hydrogen-bond acceptors (Lipinski definition) is 3. The molecule has 0 aromatic heterocycles. The molecule has 1 aliphatic heterocycles. The average Bonchev–Trinajstić information content (AvgIpc) is 2.80. The molecule has 3 amide bonds. The van der Waals surface area contributed by atoms with E-state index in [0.29, 0.717) is 5.56 Å². The number of nitrogens with one attached hydrogen (secondary N) is 1. The molecule has 0 aliphatic carbocycles. The molecule has 0 radical (unpaired) electrons. The van der Waals surface area contributed by atoms with E-state index in [0.717, 1.165) is 16.0 Å². The summed E-state index contributed by atoms with van der Waals surface area (Å²) in [4.78, 5) is 26.3. The Morgan fingerprint density at radius 3 is 2.38 bits per heavy atom. The monoisotopic (exact) mass is 324 g/mol. The number of aliphatic hydroxyl groups excluding tert-OH is 1. The fourth-order valence-electron chi connectivity index (χ4n) is 3.13. The highest BCUT2D eigenvalue weighted by Gasteiger charge is 2.49. The Hall–Kier alpha value is -2.66. The SMILES string of the molecule is Cc1ccccc1C1(C)NC(=O)N(CC(O)c2ccccc2)C1=O. The zero-order valence-corrected chi connectivity index (χ0v) is 13.7. The Labute approximate surface area is 140 Å². The van der Waals surface area contributed by atoms with Crippen LogP contribution in [0.4, 0.5) is 4.79 Å². The van der Waals surface area contributed by atoms with Gasteiger partial charge in [0.05, 0.1) is 12.6 Å². The van der Waals surface area contributed by atoms with Crippen molar-refractivity contribution >= 4 is 11.9 Å². The van der Waals surface area contributed by atoms with E-state index in [9.17, 15) is 14.7 Å².